The van der Waals surface area contributed by atoms with E-state index >= 15 is 0 Å². The van der Waals surface area contributed by atoms with Crippen LogP contribution in [0.3, 0.4) is 0 Å². The normalized spacial score (nSPS) is 14.2. The molecule has 0 N–H and O–H groups in total. The number of thiophene rings is 1. The van der Waals surface area contributed by atoms with Gasteiger partial charge in [-0.25, -0.2) is 0 Å². The van der Waals surface area contributed by atoms with Gasteiger partial charge in [-0.15, -0.1) is 0 Å². The third-order valence-corrected chi connectivity index (χ3v) is 5.93. The summed E-state index contributed by atoms with van der Waals surface area (Å²) in [6.07, 6.45) is 12.7. The first-order chi connectivity index (χ1) is 14.4. The first kappa shape index (κ1) is 19.5. The van der Waals surface area contributed by atoms with Crippen molar-refractivity contribution in [3.63, 3.8) is 0 Å². The van der Waals surface area contributed by atoms with Crippen LogP contribution in [0.1, 0.15) is 24.0 Å². The van der Waals surface area contributed by atoms with E-state index in [2.05, 4.69) is 48.5 Å². The highest BCUT2D eigenvalue weighted by Gasteiger charge is 2.13. The Morgan fingerprint density at radius 1 is 0.690 bits per heavy atom. The molecule has 0 spiro atoms. The van der Waals surface area contributed by atoms with Crippen molar-refractivity contribution in [2.24, 2.45) is 0 Å². The van der Waals surface area contributed by atoms with E-state index in [0.717, 1.165) is 6.61 Å². The van der Waals surface area contributed by atoms with Gasteiger partial charge in [0.2, 0.25) is 0 Å². The SMILES string of the molecule is C1=CCOC=C1.c1ccc2c(c1)ccc1c3c(ccc12)CCCC3.c1ccsc1. The van der Waals surface area contributed by atoms with Gasteiger partial charge in [0.25, 0.3) is 0 Å². The van der Waals surface area contributed by atoms with Crippen molar-refractivity contribution in [1.29, 1.82) is 0 Å². The van der Waals surface area contributed by atoms with Crippen molar-refractivity contribution in [2.75, 3.05) is 6.61 Å². The summed E-state index contributed by atoms with van der Waals surface area (Å²) in [6.45, 7) is 0.733. The fourth-order valence-corrected chi connectivity index (χ4v) is 4.37. The van der Waals surface area contributed by atoms with Gasteiger partial charge in [-0.3, -0.25) is 0 Å². The Labute approximate surface area is 177 Å². The number of aryl methyl sites for hydroxylation is 2. The van der Waals surface area contributed by atoms with Crippen LogP contribution < -0.4 is 0 Å². The van der Waals surface area contributed by atoms with Gasteiger partial charge in [0.15, 0.2) is 0 Å². The molecule has 1 aliphatic carbocycles. The molecule has 0 amide bonds. The molecule has 1 aliphatic heterocycles. The Morgan fingerprint density at radius 3 is 2.21 bits per heavy atom. The minimum absolute atomic E-state index is 0.733. The third-order valence-electron chi connectivity index (χ3n) is 5.30. The number of fused-ring (bicyclic) bond motifs is 5. The van der Waals surface area contributed by atoms with Crippen molar-refractivity contribution in [1.82, 2.24) is 0 Å². The van der Waals surface area contributed by atoms with Crippen LogP contribution in [0.25, 0.3) is 21.5 Å². The first-order valence-corrected chi connectivity index (χ1v) is 11.2. The Balaban J connectivity index is 0.000000152. The molecular formula is C27H26OS. The highest BCUT2D eigenvalue weighted by Crippen LogP contribution is 2.33. The Kier molecular flexibility index (Phi) is 6.77. The molecule has 0 saturated carbocycles. The molecule has 4 aromatic rings. The summed E-state index contributed by atoms with van der Waals surface area (Å²) in [4.78, 5) is 0. The van der Waals surface area contributed by atoms with E-state index in [1.807, 2.05) is 41.1 Å². The maximum Gasteiger partial charge on any atom is 0.106 e. The summed E-state index contributed by atoms with van der Waals surface area (Å²) < 4.78 is 4.80. The number of allylic oxidation sites excluding steroid dienone is 2. The molecule has 2 heterocycles. The van der Waals surface area contributed by atoms with Gasteiger partial charge in [-0.05, 0) is 81.3 Å². The number of ether oxygens (including phenoxy) is 1. The predicted molar refractivity (Wildman–Crippen MR) is 127 cm³/mol. The van der Waals surface area contributed by atoms with Gasteiger partial charge in [0.05, 0.1) is 6.26 Å². The van der Waals surface area contributed by atoms with E-state index in [4.69, 9.17) is 4.74 Å². The maximum absolute atomic E-state index is 4.80. The van der Waals surface area contributed by atoms with Crippen LogP contribution in [0.4, 0.5) is 0 Å². The molecule has 1 nitrogen and oxygen atoms in total. The highest BCUT2D eigenvalue weighted by molar-refractivity contribution is 7.07. The molecule has 3 aromatic carbocycles. The second-order valence-corrected chi connectivity index (χ2v) is 7.99. The van der Waals surface area contributed by atoms with E-state index in [0.29, 0.717) is 0 Å². The van der Waals surface area contributed by atoms with Crippen LogP contribution >= 0.6 is 11.3 Å². The Hall–Kier alpha value is -2.84. The molecule has 29 heavy (non-hydrogen) atoms. The van der Waals surface area contributed by atoms with Gasteiger partial charge in [0.1, 0.15) is 6.61 Å². The van der Waals surface area contributed by atoms with Crippen LogP contribution in [-0.4, -0.2) is 6.61 Å². The van der Waals surface area contributed by atoms with Crippen LogP contribution in [0.2, 0.25) is 0 Å². The lowest BCUT2D eigenvalue weighted by Gasteiger charge is -2.18. The number of benzene rings is 3. The zero-order valence-electron chi connectivity index (χ0n) is 16.6. The fraction of sp³-hybridized carbons (Fsp3) is 0.185. The van der Waals surface area contributed by atoms with Crippen molar-refractivity contribution >= 4 is 32.9 Å². The predicted octanol–water partition coefficient (Wildman–Crippen LogP) is 7.71. The van der Waals surface area contributed by atoms with Gasteiger partial charge < -0.3 is 4.74 Å². The average molecular weight is 399 g/mol. The molecule has 0 atom stereocenters. The average Bonchev–Trinajstić information content (AvgIpc) is 3.41. The van der Waals surface area contributed by atoms with Crippen molar-refractivity contribution in [2.45, 2.75) is 25.7 Å². The fourth-order valence-electron chi connectivity index (χ4n) is 3.92. The lowest BCUT2D eigenvalue weighted by molar-refractivity contribution is 0.286. The summed E-state index contributed by atoms with van der Waals surface area (Å²) in [5, 5.41) is 9.73. The van der Waals surface area contributed by atoms with Crippen molar-refractivity contribution in [3.8, 4) is 0 Å². The summed E-state index contributed by atoms with van der Waals surface area (Å²) >= 11 is 1.71. The highest BCUT2D eigenvalue weighted by atomic mass is 32.1. The molecule has 146 valence electrons. The second kappa shape index (κ2) is 10.1. The molecule has 0 unspecified atom stereocenters. The lowest BCUT2D eigenvalue weighted by Crippen LogP contribution is -2.02. The second-order valence-electron chi connectivity index (χ2n) is 7.18. The Bertz CT molecular complexity index is 1080. The van der Waals surface area contributed by atoms with E-state index in [1.54, 1.807) is 28.7 Å². The first-order valence-electron chi connectivity index (χ1n) is 10.3. The number of hydrogen-bond donors (Lipinski definition) is 0. The minimum Gasteiger partial charge on any atom is -0.497 e. The van der Waals surface area contributed by atoms with Gasteiger partial charge >= 0.3 is 0 Å². The standard InChI is InChI=1S/C18H16.C5H6O.C4H4S/c1-3-7-15-13(5-1)9-11-18-16-8-4-2-6-14(16)10-12-17(15)18;1-2-4-6-5-3-1;1-2-4-5-3-1/h1,3,5,7,9-12H,2,4,6,8H2;1-4H,5H2;1-4H. The van der Waals surface area contributed by atoms with Crippen LogP contribution in [0, 0.1) is 0 Å². The molecular weight excluding hydrogens is 372 g/mol. The van der Waals surface area contributed by atoms with Gasteiger partial charge in [-0.1, -0.05) is 66.7 Å². The largest absolute Gasteiger partial charge is 0.497 e. The topological polar surface area (TPSA) is 9.23 Å². The van der Waals surface area contributed by atoms with E-state index < -0.39 is 0 Å². The van der Waals surface area contributed by atoms with E-state index in [1.165, 1.54) is 47.2 Å². The van der Waals surface area contributed by atoms with Crippen LogP contribution in [0.5, 0.6) is 0 Å². The van der Waals surface area contributed by atoms with Crippen LogP contribution in [0.15, 0.2) is 95.9 Å². The quantitative estimate of drug-likeness (QED) is 0.276. The third kappa shape index (κ3) is 4.96. The maximum atomic E-state index is 4.80. The molecule has 6 rings (SSSR count). The van der Waals surface area contributed by atoms with Crippen molar-refractivity contribution in [3.05, 3.63) is 107 Å². The molecule has 0 radical (unpaired) electrons. The summed E-state index contributed by atoms with van der Waals surface area (Å²) in [7, 11) is 0. The zero-order chi connectivity index (χ0) is 19.7. The zero-order valence-corrected chi connectivity index (χ0v) is 17.4. The number of hydrogen-bond acceptors (Lipinski definition) is 2. The monoisotopic (exact) mass is 398 g/mol. The number of rotatable bonds is 0. The summed E-state index contributed by atoms with van der Waals surface area (Å²) in [5.74, 6) is 0. The smallest absolute Gasteiger partial charge is 0.106 e. The molecule has 2 heteroatoms. The molecule has 0 bridgehead atoms. The summed E-state index contributed by atoms with van der Waals surface area (Å²) in [5.41, 5.74) is 3.17. The minimum atomic E-state index is 0.733. The Morgan fingerprint density at radius 2 is 1.52 bits per heavy atom. The summed E-state index contributed by atoms with van der Waals surface area (Å²) in [6, 6.07) is 22.0. The lowest BCUT2D eigenvalue weighted by atomic mass is 9.86. The molecule has 1 aromatic heterocycles. The van der Waals surface area contributed by atoms with Crippen LogP contribution in [-0.2, 0) is 17.6 Å². The van der Waals surface area contributed by atoms with Crippen molar-refractivity contribution < 1.29 is 4.74 Å². The molecule has 0 saturated heterocycles. The van der Waals surface area contributed by atoms with E-state index in [-0.39, 0.29) is 0 Å². The van der Waals surface area contributed by atoms with Gasteiger partial charge in [-0.2, -0.15) is 11.3 Å². The molecule has 0 fully saturated rings. The van der Waals surface area contributed by atoms with E-state index in [9.17, 15) is 0 Å². The molecule has 2 aliphatic rings. The van der Waals surface area contributed by atoms with Gasteiger partial charge in [0, 0.05) is 0 Å².